The first kappa shape index (κ1) is 15.4. The molecule has 22 heavy (non-hydrogen) atoms. The van der Waals surface area contributed by atoms with Crippen LogP contribution < -0.4 is 0 Å². The van der Waals surface area contributed by atoms with Crippen LogP contribution in [-0.2, 0) is 4.74 Å². The standard InChI is InChI=1S/C16H15Cl2NO3/c1-10-14(16(20)19-2-4-21-5-3-19)9-15(22-10)11-6-12(17)8-13(18)7-11/h6-9H,2-5H2,1H3. The van der Waals surface area contributed by atoms with Gasteiger partial charge in [-0.15, -0.1) is 0 Å². The van der Waals surface area contributed by atoms with Gasteiger partial charge in [0.1, 0.15) is 11.5 Å². The highest BCUT2D eigenvalue weighted by molar-refractivity contribution is 6.35. The number of carbonyl (C=O) groups is 1. The van der Waals surface area contributed by atoms with Crippen LogP contribution >= 0.6 is 23.2 Å². The van der Waals surface area contributed by atoms with E-state index in [4.69, 9.17) is 32.4 Å². The Kier molecular flexibility index (Phi) is 4.43. The van der Waals surface area contributed by atoms with Crippen molar-refractivity contribution in [3.8, 4) is 11.3 Å². The molecule has 6 heteroatoms. The normalized spacial score (nSPS) is 15.1. The molecule has 0 aliphatic carbocycles. The van der Waals surface area contributed by atoms with Gasteiger partial charge in [-0.1, -0.05) is 23.2 Å². The summed E-state index contributed by atoms with van der Waals surface area (Å²) in [6.07, 6.45) is 0. The van der Waals surface area contributed by atoms with E-state index in [1.54, 1.807) is 36.1 Å². The lowest BCUT2D eigenvalue weighted by Gasteiger charge is -2.26. The number of hydrogen-bond donors (Lipinski definition) is 0. The van der Waals surface area contributed by atoms with Crippen LogP contribution in [0.1, 0.15) is 16.1 Å². The molecule has 1 fully saturated rings. The predicted octanol–water partition coefficient (Wildman–Crippen LogP) is 4.03. The Morgan fingerprint density at radius 1 is 1.09 bits per heavy atom. The average molecular weight is 340 g/mol. The monoisotopic (exact) mass is 339 g/mol. The third-order valence-corrected chi connectivity index (χ3v) is 4.03. The first-order valence-electron chi connectivity index (χ1n) is 6.98. The van der Waals surface area contributed by atoms with Crippen molar-refractivity contribution < 1.29 is 13.9 Å². The molecule has 0 bridgehead atoms. The van der Waals surface area contributed by atoms with Gasteiger partial charge in [0, 0.05) is 28.7 Å². The Morgan fingerprint density at radius 3 is 2.36 bits per heavy atom. The second-order valence-electron chi connectivity index (χ2n) is 5.14. The Hall–Kier alpha value is -1.49. The molecule has 1 aliphatic rings. The maximum Gasteiger partial charge on any atom is 0.257 e. The Balaban J connectivity index is 1.91. The smallest absolute Gasteiger partial charge is 0.257 e. The van der Waals surface area contributed by atoms with E-state index in [2.05, 4.69) is 0 Å². The summed E-state index contributed by atoms with van der Waals surface area (Å²) in [6.45, 7) is 4.12. The minimum atomic E-state index is -0.0380. The third kappa shape index (κ3) is 3.14. The summed E-state index contributed by atoms with van der Waals surface area (Å²) >= 11 is 12.0. The molecule has 1 amide bonds. The van der Waals surface area contributed by atoms with Gasteiger partial charge in [0.05, 0.1) is 18.8 Å². The van der Waals surface area contributed by atoms with E-state index < -0.39 is 0 Å². The highest BCUT2D eigenvalue weighted by Crippen LogP contribution is 2.30. The number of ether oxygens (including phenoxy) is 1. The molecule has 0 saturated carbocycles. The zero-order chi connectivity index (χ0) is 15.7. The van der Waals surface area contributed by atoms with Crippen LogP contribution in [0, 0.1) is 6.92 Å². The second kappa shape index (κ2) is 6.32. The molecule has 0 spiro atoms. The molecule has 1 aliphatic heterocycles. The van der Waals surface area contributed by atoms with Crippen LogP contribution in [0.5, 0.6) is 0 Å². The average Bonchev–Trinajstić information content (AvgIpc) is 2.88. The van der Waals surface area contributed by atoms with E-state index in [0.29, 0.717) is 53.4 Å². The van der Waals surface area contributed by atoms with Gasteiger partial charge in [-0.25, -0.2) is 0 Å². The van der Waals surface area contributed by atoms with Crippen LogP contribution in [0.2, 0.25) is 10.0 Å². The first-order chi connectivity index (χ1) is 10.5. The summed E-state index contributed by atoms with van der Waals surface area (Å²) in [4.78, 5) is 14.3. The molecule has 116 valence electrons. The SMILES string of the molecule is Cc1oc(-c2cc(Cl)cc(Cl)c2)cc1C(=O)N1CCOCC1. The Bertz CT molecular complexity index is 685. The fraction of sp³-hybridized carbons (Fsp3) is 0.312. The van der Waals surface area contributed by atoms with E-state index in [1.165, 1.54) is 0 Å². The quantitative estimate of drug-likeness (QED) is 0.829. The summed E-state index contributed by atoms with van der Waals surface area (Å²) in [7, 11) is 0. The minimum Gasteiger partial charge on any atom is -0.461 e. The lowest BCUT2D eigenvalue weighted by molar-refractivity contribution is 0.0301. The summed E-state index contributed by atoms with van der Waals surface area (Å²) in [6, 6.07) is 6.92. The van der Waals surface area contributed by atoms with E-state index in [9.17, 15) is 4.79 Å². The number of furan rings is 1. The molecule has 1 saturated heterocycles. The molecule has 3 rings (SSSR count). The van der Waals surface area contributed by atoms with Crippen molar-refractivity contribution in [2.24, 2.45) is 0 Å². The molecule has 4 nitrogen and oxygen atoms in total. The number of aryl methyl sites for hydroxylation is 1. The highest BCUT2D eigenvalue weighted by atomic mass is 35.5. The van der Waals surface area contributed by atoms with Crippen LogP contribution in [0.15, 0.2) is 28.7 Å². The molecule has 0 unspecified atom stereocenters. The zero-order valence-corrected chi connectivity index (χ0v) is 13.6. The molecule has 2 heterocycles. The van der Waals surface area contributed by atoms with Crippen molar-refractivity contribution in [1.82, 2.24) is 4.90 Å². The van der Waals surface area contributed by atoms with E-state index in [0.717, 1.165) is 5.56 Å². The molecule has 2 aromatic rings. The number of benzene rings is 1. The maximum absolute atomic E-state index is 12.6. The van der Waals surface area contributed by atoms with Gasteiger partial charge < -0.3 is 14.1 Å². The first-order valence-corrected chi connectivity index (χ1v) is 7.74. The van der Waals surface area contributed by atoms with Crippen molar-refractivity contribution in [3.05, 3.63) is 45.6 Å². The molecular formula is C16H15Cl2NO3. The second-order valence-corrected chi connectivity index (χ2v) is 6.02. The van der Waals surface area contributed by atoms with E-state index >= 15 is 0 Å². The van der Waals surface area contributed by atoms with Gasteiger partial charge in [-0.2, -0.15) is 0 Å². The number of morpholine rings is 1. The number of rotatable bonds is 2. The molecule has 1 aromatic heterocycles. The maximum atomic E-state index is 12.6. The van der Waals surface area contributed by atoms with Crippen molar-refractivity contribution in [1.29, 1.82) is 0 Å². The fourth-order valence-electron chi connectivity index (χ4n) is 2.47. The summed E-state index contributed by atoms with van der Waals surface area (Å²) in [5, 5.41) is 1.05. The van der Waals surface area contributed by atoms with Crippen LogP contribution in [0.3, 0.4) is 0 Å². The van der Waals surface area contributed by atoms with Crippen molar-refractivity contribution >= 4 is 29.1 Å². The molecule has 0 atom stereocenters. The summed E-state index contributed by atoms with van der Waals surface area (Å²) in [5.74, 6) is 1.13. The van der Waals surface area contributed by atoms with Gasteiger partial charge in [-0.3, -0.25) is 4.79 Å². The molecular weight excluding hydrogens is 325 g/mol. The highest BCUT2D eigenvalue weighted by Gasteiger charge is 2.23. The Morgan fingerprint density at radius 2 is 1.73 bits per heavy atom. The lowest BCUT2D eigenvalue weighted by Crippen LogP contribution is -2.40. The number of amides is 1. The van der Waals surface area contributed by atoms with Gasteiger partial charge in [0.15, 0.2) is 0 Å². The van der Waals surface area contributed by atoms with Crippen LogP contribution in [-0.4, -0.2) is 37.1 Å². The molecule has 1 aromatic carbocycles. The van der Waals surface area contributed by atoms with E-state index in [1.807, 2.05) is 0 Å². The van der Waals surface area contributed by atoms with Gasteiger partial charge >= 0.3 is 0 Å². The number of carbonyl (C=O) groups excluding carboxylic acids is 1. The predicted molar refractivity (Wildman–Crippen MR) is 85.6 cm³/mol. The molecule has 0 radical (unpaired) electrons. The van der Waals surface area contributed by atoms with Crippen molar-refractivity contribution in [3.63, 3.8) is 0 Å². The van der Waals surface area contributed by atoms with E-state index in [-0.39, 0.29) is 5.91 Å². The number of hydrogen-bond acceptors (Lipinski definition) is 3. The summed E-state index contributed by atoms with van der Waals surface area (Å²) in [5.41, 5.74) is 1.31. The van der Waals surface area contributed by atoms with Gasteiger partial charge in [0.2, 0.25) is 0 Å². The summed E-state index contributed by atoms with van der Waals surface area (Å²) < 4.78 is 11.0. The Labute approximate surface area is 138 Å². The van der Waals surface area contributed by atoms with Crippen LogP contribution in [0.4, 0.5) is 0 Å². The minimum absolute atomic E-state index is 0.0380. The number of nitrogens with zero attached hydrogens (tertiary/aromatic N) is 1. The van der Waals surface area contributed by atoms with Gasteiger partial charge in [-0.05, 0) is 31.2 Å². The molecule has 0 N–H and O–H groups in total. The van der Waals surface area contributed by atoms with Crippen molar-refractivity contribution in [2.45, 2.75) is 6.92 Å². The number of halogens is 2. The zero-order valence-electron chi connectivity index (χ0n) is 12.1. The van der Waals surface area contributed by atoms with Gasteiger partial charge in [0.25, 0.3) is 5.91 Å². The topological polar surface area (TPSA) is 42.7 Å². The van der Waals surface area contributed by atoms with Crippen molar-refractivity contribution in [2.75, 3.05) is 26.3 Å². The third-order valence-electron chi connectivity index (χ3n) is 3.59. The van der Waals surface area contributed by atoms with Crippen LogP contribution in [0.25, 0.3) is 11.3 Å². The largest absolute Gasteiger partial charge is 0.461 e. The fourth-order valence-corrected chi connectivity index (χ4v) is 3.00. The lowest BCUT2D eigenvalue weighted by atomic mass is 10.1.